The molecule has 4 N–H and O–H groups in total. The Morgan fingerprint density at radius 2 is 2.00 bits per heavy atom. The number of carbonyl (C=O) groups excluding carboxylic acids is 1. The first-order valence-corrected chi connectivity index (χ1v) is 8.73. The summed E-state index contributed by atoms with van der Waals surface area (Å²) < 4.78 is -0.264. The molecule has 0 bridgehead atoms. The number of hydrogen-bond donors (Lipinski definition) is 3. The van der Waals surface area contributed by atoms with E-state index in [0.717, 1.165) is 18.9 Å². The van der Waals surface area contributed by atoms with E-state index in [2.05, 4.69) is 5.32 Å². The second kappa shape index (κ2) is 10.5. The third-order valence-electron chi connectivity index (χ3n) is 3.16. The minimum atomic E-state index is -0.833. The predicted molar refractivity (Wildman–Crippen MR) is 97.0 cm³/mol. The number of hydrogen-bond acceptors (Lipinski definition) is 4. The zero-order valence-electron chi connectivity index (χ0n) is 13.9. The van der Waals surface area contributed by atoms with Crippen LogP contribution in [0.2, 0.25) is 5.02 Å². The van der Waals surface area contributed by atoms with Crippen molar-refractivity contribution in [1.29, 1.82) is 0 Å². The van der Waals surface area contributed by atoms with E-state index in [9.17, 15) is 4.79 Å². The first kappa shape index (κ1) is 21.8. The summed E-state index contributed by atoms with van der Waals surface area (Å²) in [6.45, 7) is 5.59. The number of amides is 1. The van der Waals surface area contributed by atoms with Crippen molar-refractivity contribution in [3.8, 4) is 0 Å². The molecule has 7 heteroatoms. The van der Waals surface area contributed by atoms with Crippen molar-refractivity contribution in [2.75, 3.05) is 12.8 Å². The summed E-state index contributed by atoms with van der Waals surface area (Å²) in [4.78, 5) is 20.9. The van der Waals surface area contributed by atoms with Gasteiger partial charge in [0.1, 0.15) is 0 Å². The maximum atomic E-state index is 11.9. The molecule has 130 valence electrons. The maximum absolute atomic E-state index is 11.9. The van der Waals surface area contributed by atoms with Gasteiger partial charge in [0.05, 0.1) is 6.04 Å². The molecule has 5 nitrogen and oxygen atoms in total. The zero-order chi connectivity index (χ0) is 18.0. The van der Waals surface area contributed by atoms with Gasteiger partial charge in [-0.05, 0) is 44.2 Å². The maximum Gasteiger partial charge on any atom is 0.300 e. The molecule has 1 aromatic rings. The summed E-state index contributed by atoms with van der Waals surface area (Å²) in [7, 11) is 0. The molecule has 0 aromatic heterocycles. The second-order valence-corrected chi connectivity index (χ2v) is 7.37. The van der Waals surface area contributed by atoms with Crippen molar-refractivity contribution in [1.82, 2.24) is 5.32 Å². The lowest BCUT2D eigenvalue weighted by Crippen LogP contribution is -2.52. The average Bonchev–Trinajstić information content (AvgIpc) is 2.45. The van der Waals surface area contributed by atoms with Crippen molar-refractivity contribution in [2.45, 2.75) is 38.0 Å². The summed E-state index contributed by atoms with van der Waals surface area (Å²) >= 11 is 7.50. The highest BCUT2D eigenvalue weighted by Crippen LogP contribution is 2.24. The fourth-order valence-corrected chi connectivity index (χ4v) is 2.15. The molecule has 0 heterocycles. The topological polar surface area (TPSA) is 92.4 Å². The number of halogens is 1. The lowest BCUT2D eigenvalue weighted by molar-refractivity contribution is -0.134. The van der Waals surface area contributed by atoms with Crippen LogP contribution < -0.4 is 11.1 Å². The summed E-state index contributed by atoms with van der Waals surface area (Å²) in [5, 5.41) is 11.0. The van der Waals surface area contributed by atoms with Gasteiger partial charge in [-0.3, -0.25) is 9.59 Å². The van der Waals surface area contributed by atoms with Gasteiger partial charge in [-0.15, -0.1) is 0 Å². The number of benzene rings is 1. The number of nitrogens with two attached hydrogens (primary N) is 1. The quantitative estimate of drug-likeness (QED) is 0.725. The smallest absolute Gasteiger partial charge is 0.300 e. The van der Waals surface area contributed by atoms with Crippen LogP contribution >= 0.6 is 23.4 Å². The van der Waals surface area contributed by atoms with Crippen LogP contribution in [-0.2, 0) is 16.0 Å². The van der Waals surface area contributed by atoms with E-state index in [1.165, 1.54) is 0 Å². The molecule has 23 heavy (non-hydrogen) atoms. The van der Waals surface area contributed by atoms with E-state index in [1.807, 2.05) is 44.4 Å². The number of rotatable bonds is 6. The Morgan fingerprint density at radius 3 is 2.48 bits per heavy atom. The Kier molecular flexibility index (Phi) is 9.95. The molecular formula is C16H25ClN2O3S. The summed E-state index contributed by atoms with van der Waals surface area (Å²) in [5.74, 6) is -0.943. The van der Waals surface area contributed by atoms with Gasteiger partial charge >= 0.3 is 0 Å². The van der Waals surface area contributed by atoms with Crippen LogP contribution in [0, 0.1) is 0 Å². The van der Waals surface area contributed by atoms with Gasteiger partial charge in [0.15, 0.2) is 0 Å². The van der Waals surface area contributed by atoms with Crippen molar-refractivity contribution >= 4 is 35.2 Å². The third-order valence-corrected chi connectivity index (χ3v) is 4.70. The van der Waals surface area contributed by atoms with Gasteiger partial charge in [0.2, 0.25) is 5.91 Å². The average molecular weight is 361 g/mol. The van der Waals surface area contributed by atoms with E-state index in [-0.39, 0.29) is 10.7 Å². The number of thioether (sulfide) groups is 1. The number of carbonyl (C=O) groups is 2. The molecule has 0 radical (unpaired) electrons. The fraction of sp³-hybridized carbons (Fsp3) is 0.500. The van der Waals surface area contributed by atoms with Crippen molar-refractivity contribution in [3.63, 3.8) is 0 Å². The molecule has 0 unspecified atom stereocenters. The standard InChI is InChI=1S/C14H21ClN2OS.C2H4O2/c1-14(2,19-3)12(16)13(18)17-8-7-10-5-4-6-11(15)9-10;1-2(3)4/h4-6,9,12H,7-8,16H2,1-3H3,(H,17,18);1H3,(H,3,4)/t12-;/m1./s1. The Labute approximate surface area is 147 Å². The molecule has 0 aliphatic carbocycles. The van der Waals surface area contributed by atoms with Crippen LogP contribution in [-0.4, -0.2) is 40.6 Å². The van der Waals surface area contributed by atoms with Crippen LogP contribution in [0.3, 0.4) is 0 Å². The van der Waals surface area contributed by atoms with Gasteiger partial charge in [0, 0.05) is 23.2 Å². The van der Waals surface area contributed by atoms with Crippen LogP contribution in [0.5, 0.6) is 0 Å². The van der Waals surface area contributed by atoms with E-state index >= 15 is 0 Å². The minimum absolute atomic E-state index is 0.110. The van der Waals surface area contributed by atoms with Gasteiger partial charge in [-0.2, -0.15) is 11.8 Å². The van der Waals surface area contributed by atoms with Gasteiger partial charge in [-0.25, -0.2) is 0 Å². The molecule has 1 rings (SSSR count). The second-order valence-electron chi connectivity index (χ2n) is 5.48. The Bertz CT molecular complexity index is 520. The van der Waals surface area contributed by atoms with Gasteiger partial charge in [-0.1, -0.05) is 23.7 Å². The van der Waals surface area contributed by atoms with Gasteiger partial charge < -0.3 is 16.2 Å². The van der Waals surface area contributed by atoms with Crippen LogP contribution in [0.4, 0.5) is 0 Å². The summed E-state index contributed by atoms with van der Waals surface area (Å²) in [6, 6.07) is 7.12. The molecule has 1 amide bonds. The third kappa shape index (κ3) is 9.48. The van der Waals surface area contributed by atoms with Crippen LogP contribution in [0.1, 0.15) is 26.3 Å². The van der Waals surface area contributed by atoms with Gasteiger partial charge in [0.25, 0.3) is 5.97 Å². The largest absolute Gasteiger partial charge is 0.481 e. The number of carboxylic acids is 1. The lowest BCUT2D eigenvalue weighted by Gasteiger charge is -2.28. The molecule has 0 saturated heterocycles. The predicted octanol–water partition coefficient (Wildman–Crippen LogP) is 2.56. The first-order valence-electron chi connectivity index (χ1n) is 7.12. The van der Waals surface area contributed by atoms with E-state index in [4.69, 9.17) is 27.2 Å². The molecule has 1 atom stereocenters. The Morgan fingerprint density at radius 1 is 1.43 bits per heavy atom. The molecule has 0 aliphatic rings. The highest BCUT2D eigenvalue weighted by molar-refractivity contribution is 8.00. The highest BCUT2D eigenvalue weighted by Gasteiger charge is 2.30. The highest BCUT2D eigenvalue weighted by atomic mass is 35.5. The van der Waals surface area contributed by atoms with E-state index in [0.29, 0.717) is 11.6 Å². The number of nitrogens with one attached hydrogen (secondary N) is 1. The molecule has 1 aromatic carbocycles. The number of aliphatic carboxylic acids is 1. The van der Waals surface area contributed by atoms with Crippen LogP contribution in [0.25, 0.3) is 0 Å². The van der Waals surface area contributed by atoms with Crippen LogP contribution in [0.15, 0.2) is 24.3 Å². The zero-order valence-corrected chi connectivity index (χ0v) is 15.5. The molecular weight excluding hydrogens is 336 g/mol. The Hall–Kier alpha value is -1.24. The molecule has 0 saturated carbocycles. The van der Waals surface area contributed by atoms with Crippen molar-refractivity contribution < 1.29 is 14.7 Å². The van der Waals surface area contributed by atoms with E-state index < -0.39 is 12.0 Å². The molecule has 0 fully saturated rings. The molecule has 0 aliphatic heterocycles. The van der Waals surface area contributed by atoms with Crippen molar-refractivity contribution in [3.05, 3.63) is 34.9 Å². The molecule has 0 spiro atoms. The first-order chi connectivity index (χ1) is 10.6. The van der Waals surface area contributed by atoms with E-state index in [1.54, 1.807) is 11.8 Å². The minimum Gasteiger partial charge on any atom is -0.481 e. The summed E-state index contributed by atoms with van der Waals surface area (Å²) in [6.07, 6.45) is 2.71. The number of carboxylic acid groups (broad SMARTS) is 1. The SMILES string of the molecule is CC(=O)O.CSC(C)(C)[C@H](N)C(=O)NCCc1cccc(Cl)c1. The lowest BCUT2D eigenvalue weighted by atomic mass is 10.0. The fourth-order valence-electron chi connectivity index (χ4n) is 1.58. The monoisotopic (exact) mass is 360 g/mol. The normalized spacial score (nSPS) is 11.9. The Balaban J connectivity index is 0.00000108. The summed E-state index contributed by atoms with van der Waals surface area (Å²) in [5.41, 5.74) is 7.06. The van der Waals surface area contributed by atoms with Crippen molar-refractivity contribution in [2.24, 2.45) is 5.73 Å².